The zero-order chi connectivity index (χ0) is 13.3. The first-order valence-corrected chi connectivity index (χ1v) is 8.15. The number of aliphatic hydroxyl groups is 1. The highest BCUT2D eigenvalue weighted by Gasteiger charge is 2.30. The summed E-state index contributed by atoms with van der Waals surface area (Å²) in [6.07, 6.45) is 0.706. The highest BCUT2D eigenvalue weighted by Crippen LogP contribution is 2.29. The fourth-order valence-corrected chi connectivity index (χ4v) is 4.49. The molecule has 1 N–H and O–H groups in total. The van der Waals surface area contributed by atoms with E-state index >= 15 is 0 Å². The van der Waals surface area contributed by atoms with Crippen molar-refractivity contribution < 1.29 is 13.5 Å². The fraction of sp³-hybridized carbons (Fsp3) is 0.455. The maximum Gasteiger partial charge on any atom is 0.244 e. The second-order valence-corrected chi connectivity index (χ2v) is 7.46. The maximum absolute atomic E-state index is 12.4. The minimum atomic E-state index is -3.62. The number of sulfonamides is 1. The second-order valence-electron chi connectivity index (χ2n) is 4.23. The van der Waals surface area contributed by atoms with E-state index in [4.69, 9.17) is 11.6 Å². The van der Waals surface area contributed by atoms with Crippen LogP contribution in [-0.2, 0) is 10.0 Å². The third-order valence-electron chi connectivity index (χ3n) is 2.87. The molecule has 1 saturated heterocycles. The number of halogens is 2. The average molecular weight is 355 g/mol. The van der Waals surface area contributed by atoms with Gasteiger partial charge in [-0.05, 0) is 31.0 Å². The highest BCUT2D eigenvalue weighted by atomic mass is 79.9. The van der Waals surface area contributed by atoms with Crippen molar-refractivity contribution in [2.24, 2.45) is 0 Å². The lowest BCUT2D eigenvalue weighted by Crippen LogP contribution is -2.42. The van der Waals surface area contributed by atoms with E-state index in [1.165, 1.54) is 10.4 Å². The first-order chi connectivity index (χ1) is 8.41. The van der Waals surface area contributed by atoms with Gasteiger partial charge in [0.15, 0.2) is 0 Å². The lowest BCUT2D eigenvalue weighted by Gasteiger charge is -2.29. The molecule has 1 aliphatic rings. The Bertz CT molecular complexity index is 549. The molecule has 1 aromatic rings. The van der Waals surface area contributed by atoms with Gasteiger partial charge in [0.2, 0.25) is 10.0 Å². The summed E-state index contributed by atoms with van der Waals surface area (Å²) < 4.78 is 26.8. The molecule has 1 aliphatic heterocycles. The third-order valence-corrected chi connectivity index (χ3v) is 5.71. The summed E-state index contributed by atoms with van der Waals surface area (Å²) in [6, 6.07) is 4.66. The van der Waals surface area contributed by atoms with Gasteiger partial charge in [0, 0.05) is 17.6 Å². The van der Waals surface area contributed by atoms with Gasteiger partial charge in [0.05, 0.1) is 11.1 Å². The van der Waals surface area contributed by atoms with Gasteiger partial charge < -0.3 is 5.11 Å². The normalized spacial score (nSPS) is 22.1. The Morgan fingerprint density at radius 3 is 2.78 bits per heavy atom. The van der Waals surface area contributed by atoms with Crippen LogP contribution in [0, 0.1) is 0 Å². The van der Waals surface area contributed by atoms with Gasteiger partial charge in [-0.3, -0.25) is 0 Å². The van der Waals surface area contributed by atoms with E-state index in [-0.39, 0.29) is 16.5 Å². The van der Waals surface area contributed by atoms with Crippen LogP contribution in [-0.4, -0.2) is 37.0 Å². The first-order valence-electron chi connectivity index (χ1n) is 5.54. The molecule has 1 aromatic carbocycles. The van der Waals surface area contributed by atoms with Gasteiger partial charge >= 0.3 is 0 Å². The monoisotopic (exact) mass is 353 g/mol. The van der Waals surface area contributed by atoms with E-state index in [9.17, 15) is 13.5 Å². The number of nitrogens with zero attached hydrogens (tertiary/aromatic N) is 1. The van der Waals surface area contributed by atoms with Gasteiger partial charge in [-0.25, -0.2) is 8.42 Å². The summed E-state index contributed by atoms with van der Waals surface area (Å²) in [7, 11) is -3.62. The lowest BCUT2D eigenvalue weighted by atomic mass is 10.1. The smallest absolute Gasteiger partial charge is 0.244 e. The topological polar surface area (TPSA) is 57.6 Å². The van der Waals surface area contributed by atoms with Gasteiger partial charge in [-0.2, -0.15) is 4.31 Å². The van der Waals surface area contributed by atoms with Gasteiger partial charge in [0.1, 0.15) is 4.90 Å². The Morgan fingerprint density at radius 2 is 2.17 bits per heavy atom. The zero-order valence-electron chi connectivity index (χ0n) is 9.51. The number of rotatable bonds is 2. The molecular weight excluding hydrogens is 342 g/mol. The van der Waals surface area contributed by atoms with E-state index < -0.39 is 16.1 Å². The molecule has 4 nitrogen and oxygen atoms in total. The third kappa shape index (κ3) is 2.88. The molecular formula is C11H13BrClNO3S. The molecule has 0 saturated carbocycles. The van der Waals surface area contributed by atoms with Crippen LogP contribution < -0.4 is 0 Å². The molecule has 0 aromatic heterocycles. The SMILES string of the molecule is O=S(=O)(c1ccc(Br)cc1Cl)N1CCC[C@H](O)C1. The van der Waals surface area contributed by atoms with Crippen LogP contribution in [0.2, 0.25) is 5.02 Å². The van der Waals surface area contributed by atoms with Crippen molar-refractivity contribution in [3.05, 3.63) is 27.7 Å². The number of hydrogen-bond donors (Lipinski definition) is 1. The Labute approximate surface area is 120 Å². The summed E-state index contributed by atoms with van der Waals surface area (Å²) in [5.74, 6) is 0. The Hall–Kier alpha value is -0.140. The van der Waals surface area contributed by atoms with E-state index in [0.29, 0.717) is 19.4 Å². The Kier molecular flexibility index (Phi) is 4.33. The zero-order valence-corrected chi connectivity index (χ0v) is 12.7. The molecule has 0 radical (unpaired) electrons. The number of benzene rings is 1. The maximum atomic E-state index is 12.4. The number of piperidine rings is 1. The number of aliphatic hydroxyl groups excluding tert-OH is 1. The molecule has 0 unspecified atom stereocenters. The molecule has 100 valence electrons. The van der Waals surface area contributed by atoms with Crippen LogP contribution in [0.3, 0.4) is 0 Å². The molecule has 0 spiro atoms. The highest BCUT2D eigenvalue weighted by molar-refractivity contribution is 9.10. The predicted molar refractivity (Wildman–Crippen MR) is 73.2 cm³/mol. The van der Waals surface area contributed by atoms with Crippen molar-refractivity contribution in [1.82, 2.24) is 4.31 Å². The molecule has 2 rings (SSSR count). The fourth-order valence-electron chi connectivity index (χ4n) is 1.96. The van der Waals surface area contributed by atoms with Crippen LogP contribution in [0.4, 0.5) is 0 Å². The lowest BCUT2D eigenvalue weighted by molar-refractivity contribution is 0.108. The average Bonchev–Trinajstić information content (AvgIpc) is 2.28. The van der Waals surface area contributed by atoms with Gasteiger partial charge in [-0.1, -0.05) is 27.5 Å². The van der Waals surface area contributed by atoms with Crippen molar-refractivity contribution in [2.45, 2.75) is 23.8 Å². The van der Waals surface area contributed by atoms with E-state index in [0.717, 1.165) is 4.47 Å². The molecule has 1 fully saturated rings. The van der Waals surface area contributed by atoms with Crippen LogP contribution >= 0.6 is 27.5 Å². The summed E-state index contributed by atoms with van der Waals surface area (Å²) in [6.45, 7) is 0.556. The minimum Gasteiger partial charge on any atom is -0.392 e. The van der Waals surface area contributed by atoms with Crippen molar-refractivity contribution in [2.75, 3.05) is 13.1 Å². The van der Waals surface area contributed by atoms with Crippen molar-refractivity contribution in [1.29, 1.82) is 0 Å². The van der Waals surface area contributed by atoms with E-state index in [1.54, 1.807) is 12.1 Å². The largest absolute Gasteiger partial charge is 0.392 e. The summed E-state index contributed by atoms with van der Waals surface area (Å²) in [5, 5.41) is 9.74. The standard InChI is InChI=1S/C11H13BrClNO3S/c12-8-3-4-11(10(13)6-8)18(16,17)14-5-1-2-9(15)7-14/h3-4,6,9,15H,1-2,5,7H2/t9-/m0/s1. The van der Waals surface area contributed by atoms with Crippen molar-refractivity contribution in [3.8, 4) is 0 Å². The molecule has 0 bridgehead atoms. The summed E-state index contributed by atoms with van der Waals surface area (Å²) in [4.78, 5) is 0.0847. The van der Waals surface area contributed by atoms with Crippen molar-refractivity contribution in [3.63, 3.8) is 0 Å². The Balaban J connectivity index is 2.35. The number of hydrogen-bond acceptors (Lipinski definition) is 3. The quantitative estimate of drug-likeness (QED) is 0.886. The van der Waals surface area contributed by atoms with E-state index in [1.807, 2.05) is 0 Å². The molecule has 0 amide bonds. The van der Waals surface area contributed by atoms with Crippen LogP contribution in [0.15, 0.2) is 27.6 Å². The summed E-state index contributed by atoms with van der Waals surface area (Å²) >= 11 is 9.21. The number of β-amino-alcohol motifs (C(OH)–C–C–N with tert-alkyl or cyclic N) is 1. The first kappa shape index (κ1) is 14.3. The van der Waals surface area contributed by atoms with Crippen LogP contribution in [0.1, 0.15) is 12.8 Å². The van der Waals surface area contributed by atoms with Gasteiger partial charge in [0.25, 0.3) is 0 Å². The van der Waals surface area contributed by atoms with Crippen LogP contribution in [0.25, 0.3) is 0 Å². The predicted octanol–water partition coefficient (Wildman–Crippen LogP) is 2.25. The molecule has 7 heteroatoms. The molecule has 18 heavy (non-hydrogen) atoms. The van der Waals surface area contributed by atoms with E-state index in [2.05, 4.69) is 15.9 Å². The molecule has 0 aliphatic carbocycles. The molecule has 1 heterocycles. The second kappa shape index (κ2) is 5.46. The Morgan fingerprint density at radius 1 is 1.44 bits per heavy atom. The van der Waals surface area contributed by atoms with Crippen LogP contribution in [0.5, 0.6) is 0 Å². The van der Waals surface area contributed by atoms with Crippen molar-refractivity contribution >= 4 is 37.6 Å². The van der Waals surface area contributed by atoms with Gasteiger partial charge in [-0.15, -0.1) is 0 Å². The molecule has 1 atom stereocenters. The minimum absolute atomic E-state index is 0.0847. The summed E-state index contributed by atoms with van der Waals surface area (Å²) in [5.41, 5.74) is 0.